The van der Waals surface area contributed by atoms with Crippen LogP contribution in [0.1, 0.15) is 55.8 Å². The molecule has 1 aromatic rings. The van der Waals surface area contributed by atoms with E-state index < -0.39 is 0 Å². The second-order valence-corrected chi connectivity index (χ2v) is 7.41. The molecular weight excluding hydrogens is 342 g/mol. The van der Waals surface area contributed by atoms with Crippen molar-refractivity contribution in [1.29, 1.82) is 0 Å². The molecule has 1 N–H and O–H groups in total. The van der Waals surface area contributed by atoms with E-state index in [0.717, 1.165) is 31.4 Å². The van der Waals surface area contributed by atoms with Crippen molar-refractivity contribution in [2.45, 2.75) is 51.6 Å². The minimum absolute atomic E-state index is 0.0261. The minimum Gasteiger partial charge on any atom is -0.490 e. The maximum Gasteiger partial charge on any atom is 0.317 e. The molecule has 1 aromatic carbocycles. The van der Waals surface area contributed by atoms with Gasteiger partial charge in [-0.25, -0.2) is 4.79 Å². The van der Waals surface area contributed by atoms with Gasteiger partial charge in [-0.3, -0.25) is 4.79 Å². The smallest absolute Gasteiger partial charge is 0.317 e. The number of carbonyl (C=O) groups is 2. The van der Waals surface area contributed by atoms with Gasteiger partial charge in [-0.05, 0) is 62.8 Å². The van der Waals surface area contributed by atoms with Crippen molar-refractivity contribution in [3.8, 4) is 5.75 Å². The van der Waals surface area contributed by atoms with E-state index in [9.17, 15) is 9.59 Å². The summed E-state index contributed by atoms with van der Waals surface area (Å²) in [5.74, 6) is 0.867. The summed E-state index contributed by atoms with van der Waals surface area (Å²) in [6.07, 6.45) is 6.77. The number of urea groups is 1. The lowest BCUT2D eigenvalue weighted by Crippen LogP contribution is -2.42. The van der Waals surface area contributed by atoms with Crippen LogP contribution in [-0.2, 0) is 0 Å². The molecule has 1 saturated carbocycles. The molecule has 0 aromatic heterocycles. The third kappa shape index (κ3) is 5.37. The van der Waals surface area contributed by atoms with E-state index in [1.165, 1.54) is 12.8 Å². The van der Waals surface area contributed by atoms with Gasteiger partial charge in [-0.1, -0.05) is 6.92 Å². The lowest BCUT2D eigenvalue weighted by Gasteiger charge is -2.22. The Hall–Kier alpha value is -2.24. The summed E-state index contributed by atoms with van der Waals surface area (Å²) in [6.45, 7) is 5.23. The summed E-state index contributed by atoms with van der Waals surface area (Å²) in [4.78, 5) is 28.6. The van der Waals surface area contributed by atoms with E-state index in [0.29, 0.717) is 44.4 Å². The number of hydrogen-bond acceptors (Lipinski definition) is 3. The predicted molar refractivity (Wildman–Crippen MR) is 105 cm³/mol. The SMILES string of the molecule is CCCNC(=O)N1CCCN(C(=O)c2ccc(OC3CCCC3)cc2)CC1. The van der Waals surface area contributed by atoms with Crippen LogP contribution in [0.15, 0.2) is 24.3 Å². The first-order valence-corrected chi connectivity index (χ1v) is 10.3. The van der Waals surface area contributed by atoms with Crippen LogP contribution < -0.4 is 10.1 Å². The van der Waals surface area contributed by atoms with Crippen molar-refractivity contribution in [2.24, 2.45) is 0 Å². The molecule has 3 rings (SSSR count). The van der Waals surface area contributed by atoms with Crippen LogP contribution in [0.2, 0.25) is 0 Å². The number of rotatable bonds is 5. The highest BCUT2D eigenvalue weighted by molar-refractivity contribution is 5.94. The summed E-state index contributed by atoms with van der Waals surface area (Å²) in [5.41, 5.74) is 0.678. The Morgan fingerprint density at radius 3 is 2.37 bits per heavy atom. The first-order chi connectivity index (χ1) is 13.2. The number of nitrogens with one attached hydrogen (secondary N) is 1. The van der Waals surface area contributed by atoms with E-state index in [-0.39, 0.29) is 11.9 Å². The topological polar surface area (TPSA) is 61.9 Å². The fourth-order valence-corrected chi connectivity index (χ4v) is 3.72. The molecule has 6 heteroatoms. The Balaban J connectivity index is 1.53. The van der Waals surface area contributed by atoms with Gasteiger partial charge in [-0.2, -0.15) is 0 Å². The molecule has 2 aliphatic rings. The largest absolute Gasteiger partial charge is 0.490 e. The molecule has 27 heavy (non-hydrogen) atoms. The summed E-state index contributed by atoms with van der Waals surface area (Å²) >= 11 is 0. The number of hydrogen-bond donors (Lipinski definition) is 1. The van der Waals surface area contributed by atoms with Gasteiger partial charge in [0.25, 0.3) is 5.91 Å². The summed E-state index contributed by atoms with van der Waals surface area (Å²) in [6, 6.07) is 7.47. The van der Waals surface area contributed by atoms with Crippen LogP contribution in [0.25, 0.3) is 0 Å². The molecule has 0 bridgehead atoms. The molecule has 3 amide bonds. The Labute approximate surface area is 161 Å². The van der Waals surface area contributed by atoms with Crippen molar-refractivity contribution in [2.75, 3.05) is 32.7 Å². The number of nitrogens with zero attached hydrogens (tertiary/aromatic N) is 2. The predicted octanol–water partition coefficient (Wildman–Crippen LogP) is 3.28. The van der Waals surface area contributed by atoms with Gasteiger partial charge in [0.05, 0.1) is 6.10 Å². The summed E-state index contributed by atoms with van der Waals surface area (Å²) < 4.78 is 5.97. The Morgan fingerprint density at radius 1 is 1.00 bits per heavy atom. The van der Waals surface area contributed by atoms with Crippen LogP contribution in [-0.4, -0.2) is 60.6 Å². The molecule has 0 radical (unpaired) electrons. The number of ether oxygens (including phenoxy) is 1. The maximum atomic E-state index is 12.8. The molecule has 0 spiro atoms. The zero-order valence-electron chi connectivity index (χ0n) is 16.3. The highest BCUT2D eigenvalue weighted by Crippen LogP contribution is 2.24. The second kappa shape index (κ2) is 9.62. The second-order valence-electron chi connectivity index (χ2n) is 7.41. The Bertz CT molecular complexity index is 626. The van der Waals surface area contributed by atoms with Gasteiger partial charge < -0.3 is 19.9 Å². The molecule has 1 aliphatic carbocycles. The van der Waals surface area contributed by atoms with Crippen molar-refractivity contribution in [3.63, 3.8) is 0 Å². The van der Waals surface area contributed by atoms with Crippen molar-refractivity contribution < 1.29 is 14.3 Å². The molecule has 6 nitrogen and oxygen atoms in total. The number of amides is 3. The number of benzene rings is 1. The van der Waals surface area contributed by atoms with Crippen molar-refractivity contribution in [1.82, 2.24) is 15.1 Å². The lowest BCUT2D eigenvalue weighted by molar-refractivity contribution is 0.0762. The zero-order valence-corrected chi connectivity index (χ0v) is 16.3. The quantitative estimate of drug-likeness (QED) is 0.862. The minimum atomic E-state index is -0.0282. The highest BCUT2D eigenvalue weighted by Gasteiger charge is 2.23. The fourth-order valence-electron chi connectivity index (χ4n) is 3.72. The first kappa shape index (κ1) is 19.5. The van der Waals surface area contributed by atoms with Gasteiger partial charge >= 0.3 is 6.03 Å². The fraction of sp³-hybridized carbons (Fsp3) is 0.619. The molecule has 1 aliphatic heterocycles. The molecular formula is C21H31N3O3. The van der Waals surface area contributed by atoms with Crippen LogP contribution >= 0.6 is 0 Å². The third-order valence-corrected chi connectivity index (χ3v) is 5.30. The van der Waals surface area contributed by atoms with E-state index in [2.05, 4.69) is 5.32 Å². The van der Waals surface area contributed by atoms with E-state index in [1.807, 2.05) is 41.0 Å². The monoisotopic (exact) mass is 373 g/mol. The molecule has 2 fully saturated rings. The van der Waals surface area contributed by atoms with Crippen molar-refractivity contribution >= 4 is 11.9 Å². The first-order valence-electron chi connectivity index (χ1n) is 10.3. The zero-order chi connectivity index (χ0) is 19.1. The van der Waals surface area contributed by atoms with Gasteiger partial charge in [-0.15, -0.1) is 0 Å². The van der Waals surface area contributed by atoms with Gasteiger partial charge in [0.1, 0.15) is 5.75 Å². The standard InChI is InChI=1S/C21H31N3O3/c1-2-12-22-21(26)24-14-5-13-23(15-16-24)20(25)17-8-10-19(11-9-17)27-18-6-3-4-7-18/h8-11,18H,2-7,12-16H2,1H3,(H,22,26). The number of carbonyl (C=O) groups excluding carboxylic acids is 2. The van der Waals surface area contributed by atoms with E-state index in [1.54, 1.807) is 0 Å². The normalized spacial score (nSPS) is 18.3. The Morgan fingerprint density at radius 2 is 1.67 bits per heavy atom. The van der Waals surface area contributed by atoms with Crippen molar-refractivity contribution in [3.05, 3.63) is 29.8 Å². The van der Waals surface area contributed by atoms with Gasteiger partial charge in [0, 0.05) is 38.3 Å². The lowest BCUT2D eigenvalue weighted by atomic mass is 10.2. The molecule has 1 heterocycles. The van der Waals surface area contributed by atoms with Crippen LogP contribution in [0.3, 0.4) is 0 Å². The van der Waals surface area contributed by atoms with E-state index in [4.69, 9.17) is 4.74 Å². The molecule has 0 atom stereocenters. The summed E-state index contributed by atoms with van der Waals surface area (Å²) in [7, 11) is 0. The maximum absolute atomic E-state index is 12.8. The molecule has 148 valence electrons. The average Bonchev–Trinajstić information content (AvgIpc) is 3.07. The Kier molecular flexibility index (Phi) is 6.96. The summed E-state index contributed by atoms with van der Waals surface area (Å²) in [5, 5.41) is 2.91. The molecule has 1 saturated heterocycles. The van der Waals surface area contributed by atoms with Gasteiger partial charge in [0.15, 0.2) is 0 Å². The van der Waals surface area contributed by atoms with E-state index >= 15 is 0 Å². The average molecular weight is 373 g/mol. The third-order valence-electron chi connectivity index (χ3n) is 5.30. The van der Waals surface area contributed by atoms with Crippen LogP contribution in [0.4, 0.5) is 4.79 Å². The molecule has 0 unspecified atom stereocenters. The van der Waals surface area contributed by atoms with Crippen LogP contribution in [0, 0.1) is 0 Å². The van der Waals surface area contributed by atoms with Crippen LogP contribution in [0.5, 0.6) is 5.75 Å². The highest BCUT2D eigenvalue weighted by atomic mass is 16.5. The van der Waals surface area contributed by atoms with Gasteiger partial charge in [0.2, 0.25) is 0 Å².